The van der Waals surface area contributed by atoms with Gasteiger partial charge in [0.15, 0.2) is 0 Å². The molecule has 0 aliphatic rings. The van der Waals surface area contributed by atoms with Crippen molar-refractivity contribution in [3.8, 4) is 0 Å². The average molecular weight is 299 g/mol. The van der Waals surface area contributed by atoms with E-state index >= 15 is 0 Å². The van der Waals surface area contributed by atoms with Gasteiger partial charge in [-0.1, -0.05) is 35.8 Å². The smallest absolute Gasteiger partial charge is 0.309 e. The van der Waals surface area contributed by atoms with Gasteiger partial charge in [0, 0.05) is 4.47 Å². The minimum absolute atomic E-state index is 0.444. The van der Waals surface area contributed by atoms with Gasteiger partial charge in [-0.2, -0.15) is 0 Å². The summed E-state index contributed by atoms with van der Waals surface area (Å²) in [6.45, 7) is 7.78. The predicted octanol–water partition coefficient (Wildman–Crippen LogP) is 4.23. The second-order valence-electron chi connectivity index (χ2n) is 5.41. The maximum atomic E-state index is 11.1. The zero-order valence-electron chi connectivity index (χ0n) is 10.7. The zero-order valence-corrected chi connectivity index (χ0v) is 12.3. The number of carboxylic acids is 1. The molecule has 0 spiro atoms. The fourth-order valence-electron chi connectivity index (χ4n) is 1.70. The Balaban J connectivity index is 3.03. The highest BCUT2D eigenvalue weighted by molar-refractivity contribution is 9.10. The molecule has 17 heavy (non-hydrogen) atoms. The summed E-state index contributed by atoms with van der Waals surface area (Å²) >= 11 is 3.48. The molecule has 0 aliphatic heterocycles. The molecule has 2 nitrogen and oxygen atoms in total. The SMILES string of the molecule is CC(C)c1cc(Br)cc(CC(C)(C)C(=O)O)c1. The zero-order chi connectivity index (χ0) is 13.2. The Kier molecular flexibility index (Phi) is 4.36. The van der Waals surface area contributed by atoms with Gasteiger partial charge >= 0.3 is 5.97 Å². The molecular formula is C14H19BrO2. The Hall–Kier alpha value is -0.830. The summed E-state index contributed by atoms with van der Waals surface area (Å²) in [6, 6.07) is 6.18. The largest absolute Gasteiger partial charge is 0.481 e. The molecule has 0 saturated heterocycles. The van der Waals surface area contributed by atoms with Crippen LogP contribution in [-0.4, -0.2) is 11.1 Å². The van der Waals surface area contributed by atoms with E-state index in [-0.39, 0.29) is 0 Å². The fourth-order valence-corrected chi connectivity index (χ4v) is 2.26. The molecule has 0 heterocycles. The van der Waals surface area contributed by atoms with Crippen LogP contribution in [0.5, 0.6) is 0 Å². The van der Waals surface area contributed by atoms with Gasteiger partial charge in [-0.05, 0) is 49.4 Å². The number of carbonyl (C=O) groups is 1. The molecular weight excluding hydrogens is 280 g/mol. The van der Waals surface area contributed by atoms with Crippen LogP contribution in [0.3, 0.4) is 0 Å². The van der Waals surface area contributed by atoms with E-state index in [9.17, 15) is 4.79 Å². The quantitative estimate of drug-likeness (QED) is 0.903. The van der Waals surface area contributed by atoms with Crippen molar-refractivity contribution in [1.29, 1.82) is 0 Å². The van der Waals surface area contributed by atoms with Gasteiger partial charge in [0.05, 0.1) is 5.41 Å². The highest BCUT2D eigenvalue weighted by Gasteiger charge is 2.27. The second-order valence-corrected chi connectivity index (χ2v) is 6.33. The molecule has 1 rings (SSSR count). The number of halogens is 1. The second kappa shape index (κ2) is 5.21. The Bertz CT molecular complexity index is 422. The lowest BCUT2D eigenvalue weighted by Gasteiger charge is -2.20. The predicted molar refractivity (Wildman–Crippen MR) is 73.4 cm³/mol. The molecule has 0 amide bonds. The van der Waals surface area contributed by atoms with Crippen LogP contribution in [0, 0.1) is 5.41 Å². The third-order valence-corrected chi connectivity index (χ3v) is 3.33. The monoisotopic (exact) mass is 298 g/mol. The van der Waals surface area contributed by atoms with E-state index in [4.69, 9.17) is 5.11 Å². The maximum absolute atomic E-state index is 11.1. The van der Waals surface area contributed by atoms with Crippen LogP contribution >= 0.6 is 15.9 Å². The van der Waals surface area contributed by atoms with E-state index < -0.39 is 11.4 Å². The lowest BCUT2D eigenvalue weighted by molar-refractivity contribution is -0.146. The summed E-state index contributed by atoms with van der Waals surface area (Å²) in [5.74, 6) is -0.317. The topological polar surface area (TPSA) is 37.3 Å². The average Bonchev–Trinajstić information content (AvgIpc) is 2.15. The van der Waals surface area contributed by atoms with Gasteiger partial charge in [-0.15, -0.1) is 0 Å². The van der Waals surface area contributed by atoms with Crippen LogP contribution in [0.2, 0.25) is 0 Å². The van der Waals surface area contributed by atoms with Crippen LogP contribution in [0.1, 0.15) is 44.7 Å². The normalized spacial score (nSPS) is 11.9. The van der Waals surface area contributed by atoms with Crippen LogP contribution in [0.4, 0.5) is 0 Å². The summed E-state index contributed by atoms with van der Waals surface area (Å²) in [6.07, 6.45) is 0.543. The molecule has 1 aromatic carbocycles. The molecule has 94 valence electrons. The standard InChI is InChI=1S/C14H19BrO2/c1-9(2)11-5-10(6-12(15)7-11)8-14(3,4)13(16)17/h5-7,9H,8H2,1-4H3,(H,16,17). The first kappa shape index (κ1) is 14.2. The summed E-state index contributed by atoms with van der Waals surface area (Å²) < 4.78 is 1.01. The van der Waals surface area contributed by atoms with Crippen LogP contribution in [0.15, 0.2) is 22.7 Å². The molecule has 0 saturated carbocycles. The van der Waals surface area contributed by atoms with Crippen molar-refractivity contribution in [3.63, 3.8) is 0 Å². The Morgan fingerprint density at radius 1 is 1.35 bits per heavy atom. The molecule has 0 bridgehead atoms. The highest BCUT2D eigenvalue weighted by atomic mass is 79.9. The molecule has 0 aromatic heterocycles. The number of rotatable bonds is 4. The number of aliphatic carboxylic acids is 1. The fraction of sp³-hybridized carbons (Fsp3) is 0.500. The van der Waals surface area contributed by atoms with Crippen LogP contribution in [0.25, 0.3) is 0 Å². The molecule has 1 N–H and O–H groups in total. The van der Waals surface area contributed by atoms with Crippen LogP contribution in [-0.2, 0) is 11.2 Å². The molecule has 0 aliphatic carbocycles. The maximum Gasteiger partial charge on any atom is 0.309 e. The molecule has 0 fully saturated rings. The molecule has 1 aromatic rings. The van der Waals surface area contributed by atoms with Crippen molar-refractivity contribution in [1.82, 2.24) is 0 Å². The van der Waals surface area contributed by atoms with Crippen molar-refractivity contribution in [2.45, 2.75) is 40.0 Å². The Labute approximate surface area is 111 Å². The Morgan fingerprint density at radius 2 is 1.94 bits per heavy atom. The van der Waals surface area contributed by atoms with E-state index in [1.165, 1.54) is 5.56 Å². The Morgan fingerprint density at radius 3 is 2.41 bits per heavy atom. The van der Waals surface area contributed by atoms with E-state index in [2.05, 4.69) is 41.9 Å². The first-order chi connectivity index (χ1) is 7.72. The lowest BCUT2D eigenvalue weighted by atomic mass is 9.85. The van der Waals surface area contributed by atoms with Gasteiger partial charge in [0.25, 0.3) is 0 Å². The summed E-state index contributed by atoms with van der Waals surface area (Å²) in [5.41, 5.74) is 1.57. The molecule has 0 unspecified atom stereocenters. The molecule has 0 radical (unpaired) electrons. The number of hydrogen-bond acceptors (Lipinski definition) is 1. The van der Waals surface area contributed by atoms with Crippen molar-refractivity contribution < 1.29 is 9.90 Å². The van der Waals surface area contributed by atoms with E-state index in [0.29, 0.717) is 12.3 Å². The van der Waals surface area contributed by atoms with Gasteiger partial charge in [-0.3, -0.25) is 4.79 Å². The van der Waals surface area contributed by atoms with Gasteiger partial charge in [0.1, 0.15) is 0 Å². The first-order valence-electron chi connectivity index (χ1n) is 5.75. The molecule has 0 atom stereocenters. The lowest BCUT2D eigenvalue weighted by Crippen LogP contribution is -2.26. The van der Waals surface area contributed by atoms with Crippen molar-refractivity contribution in [2.24, 2.45) is 5.41 Å². The number of hydrogen-bond donors (Lipinski definition) is 1. The van der Waals surface area contributed by atoms with Crippen molar-refractivity contribution in [3.05, 3.63) is 33.8 Å². The van der Waals surface area contributed by atoms with E-state index in [1.54, 1.807) is 13.8 Å². The first-order valence-corrected chi connectivity index (χ1v) is 6.54. The van der Waals surface area contributed by atoms with Gasteiger partial charge in [0.2, 0.25) is 0 Å². The van der Waals surface area contributed by atoms with Gasteiger partial charge in [-0.25, -0.2) is 0 Å². The van der Waals surface area contributed by atoms with Crippen molar-refractivity contribution >= 4 is 21.9 Å². The molecule has 3 heteroatoms. The minimum Gasteiger partial charge on any atom is -0.481 e. The minimum atomic E-state index is -0.761. The van der Waals surface area contributed by atoms with E-state index in [0.717, 1.165) is 10.0 Å². The van der Waals surface area contributed by atoms with E-state index in [1.807, 2.05) is 6.07 Å². The summed E-state index contributed by atoms with van der Waals surface area (Å²) in [4.78, 5) is 11.1. The summed E-state index contributed by atoms with van der Waals surface area (Å²) in [7, 11) is 0. The third kappa shape index (κ3) is 3.84. The number of carboxylic acid groups (broad SMARTS) is 1. The highest BCUT2D eigenvalue weighted by Crippen LogP contribution is 2.27. The van der Waals surface area contributed by atoms with Crippen LogP contribution < -0.4 is 0 Å². The van der Waals surface area contributed by atoms with Crippen molar-refractivity contribution in [2.75, 3.05) is 0 Å². The number of benzene rings is 1. The third-order valence-electron chi connectivity index (χ3n) is 2.87. The van der Waals surface area contributed by atoms with Gasteiger partial charge < -0.3 is 5.11 Å². The summed E-state index contributed by atoms with van der Waals surface area (Å²) in [5, 5.41) is 9.14.